The van der Waals surface area contributed by atoms with Crippen LogP contribution in [0.3, 0.4) is 0 Å². The number of ether oxygens (including phenoxy) is 1. The second-order valence-corrected chi connectivity index (χ2v) is 5.80. The summed E-state index contributed by atoms with van der Waals surface area (Å²) in [6, 6.07) is 8.82. The molecule has 0 aromatic heterocycles. The van der Waals surface area contributed by atoms with Gasteiger partial charge in [-0.2, -0.15) is 0 Å². The van der Waals surface area contributed by atoms with E-state index in [2.05, 4.69) is 0 Å². The number of rotatable bonds is 5. The van der Waals surface area contributed by atoms with Crippen LogP contribution in [-0.2, 0) is 25.7 Å². The second-order valence-electron chi connectivity index (χ2n) is 5.80. The van der Waals surface area contributed by atoms with E-state index in [1.54, 1.807) is 14.1 Å². The molecule has 1 aliphatic heterocycles. The Bertz CT molecular complexity index is 571. The van der Waals surface area contributed by atoms with Crippen LogP contribution >= 0.6 is 0 Å². The van der Waals surface area contributed by atoms with Gasteiger partial charge in [0.2, 0.25) is 11.8 Å². The molecule has 0 bridgehead atoms. The zero-order chi connectivity index (χ0) is 16.8. The lowest BCUT2D eigenvalue weighted by molar-refractivity contribution is -0.155. The summed E-state index contributed by atoms with van der Waals surface area (Å²) < 4.78 is 5.32. The molecule has 2 rings (SSSR count). The minimum Gasteiger partial charge on any atom is -0.459 e. The Morgan fingerprint density at radius 3 is 2.57 bits per heavy atom. The van der Waals surface area contributed by atoms with Crippen LogP contribution in [0.2, 0.25) is 0 Å². The minimum atomic E-state index is -0.582. The zero-order valence-electron chi connectivity index (χ0n) is 13.5. The number of carbonyl (C=O) groups excluding carboxylic acids is 3. The summed E-state index contributed by atoms with van der Waals surface area (Å²) in [5, 5.41) is 0. The number of hydrogen-bond acceptors (Lipinski definition) is 4. The monoisotopic (exact) mass is 318 g/mol. The van der Waals surface area contributed by atoms with Gasteiger partial charge >= 0.3 is 5.97 Å². The normalized spacial score (nSPS) is 17.0. The van der Waals surface area contributed by atoms with Gasteiger partial charge in [0.05, 0.1) is 0 Å². The average molecular weight is 318 g/mol. The van der Waals surface area contributed by atoms with Gasteiger partial charge in [-0.05, 0) is 18.4 Å². The zero-order valence-corrected chi connectivity index (χ0v) is 13.5. The number of likely N-dealkylation sites (tertiary alicyclic amines) is 1. The lowest BCUT2D eigenvalue weighted by Gasteiger charge is -2.23. The highest BCUT2D eigenvalue weighted by Gasteiger charge is 2.35. The number of esters is 1. The van der Waals surface area contributed by atoms with Crippen molar-refractivity contribution in [2.75, 3.05) is 20.6 Å². The van der Waals surface area contributed by atoms with Gasteiger partial charge in [-0.25, -0.2) is 4.79 Å². The highest BCUT2D eigenvalue weighted by Crippen LogP contribution is 2.20. The lowest BCUT2D eigenvalue weighted by atomic mass is 10.2. The number of carbonyl (C=O) groups is 3. The summed E-state index contributed by atoms with van der Waals surface area (Å²) in [6.07, 6.45) is 1.11. The maximum absolute atomic E-state index is 12.2. The molecular formula is C17H22N2O4. The first-order valence-corrected chi connectivity index (χ1v) is 7.69. The van der Waals surface area contributed by atoms with Crippen molar-refractivity contribution in [2.24, 2.45) is 0 Å². The molecule has 2 amide bonds. The summed E-state index contributed by atoms with van der Waals surface area (Å²) in [4.78, 5) is 39.0. The van der Waals surface area contributed by atoms with Crippen LogP contribution in [0.15, 0.2) is 30.3 Å². The Morgan fingerprint density at radius 2 is 1.91 bits per heavy atom. The average Bonchev–Trinajstić information content (AvgIpc) is 3.03. The molecule has 1 aromatic carbocycles. The van der Waals surface area contributed by atoms with Crippen LogP contribution in [0.4, 0.5) is 0 Å². The summed E-state index contributed by atoms with van der Waals surface area (Å²) in [5.74, 6) is -0.988. The van der Waals surface area contributed by atoms with E-state index < -0.39 is 12.0 Å². The molecule has 6 heteroatoms. The largest absolute Gasteiger partial charge is 0.459 e. The van der Waals surface area contributed by atoms with Gasteiger partial charge in [-0.15, -0.1) is 0 Å². The van der Waals surface area contributed by atoms with Gasteiger partial charge in [0, 0.05) is 20.6 Å². The van der Waals surface area contributed by atoms with Gasteiger partial charge in [0.1, 0.15) is 19.1 Å². The summed E-state index contributed by atoms with van der Waals surface area (Å²) >= 11 is 0. The molecule has 1 heterocycles. The Kier molecular flexibility index (Phi) is 5.73. The van der Waals surface area contributed by atoms with Crippen molar-refractivity contribution in [3.05, 3.63) is 35.9 Å². The fraction of sp³-hybridized carbons (Fsp3) is 0.471. The van der Waals surface area contributed by atoms with Crippen LogP contribution < -0.4 is 0 Å². The quantitative estimate of drug-likeness (QED) is 0.604. The van der Waals surface area contributed by atoms with E-state index in [1.165, 1.54) is 9.80 Å². The van der Waals surface area contributed by atoms with Crippen molar-refractivity contribution < 1.29 is 19.1 Å². The van der Waals surface area contributed by atoms with Crippen molar-refractivity contribution in [1.29, 1.82) is 0 Å². The third-order valence-electron chi connectivity index (χ3n) is 3.87. The van der Waals surface area contributed by atoms with Crippen LogP contribution in [0.5, 0.6) is 0 Å². The van der Waals surface area contributed by atoms with E-state index in [0.29, 0.717) is 13.0 Å². The molecule has 1 saturated heterocycles. The van der Waals surface area contributed by atoms with E-state index in [9.17, 15) is 14.4 Å². The smallest absolute Gasteiger partial charge is 0.329 e. The van der Waals surface area contributed by atoms with Gasteiger partial charge in [0.25, 0.3) is 0 Å². The molecule has 1 aliphatic rings. The molecule has 1 aromatic rings. The van der Waals surface area contributed by atoms with E-state index in [4.69, 9.17) is 4.74 Å². The van der Waals surface area contributed by atoms with Crippen molar-refractivity contribution >= 4 is 17.8 Å². The third-order valence-corrected chi connectivity index (χ3v) is 3.87. The van der Waals surface area contributed by atoms with Crippen LogP contribution in [-0.4, -0.2) is 54.3 Å². The Balaban J connectivity index is 1.91. The first-order chi connectivity index (χ1) is 11.0. The van der Waals surface area contributed by atoms with Gasteiger partial charge in [-0.1, -0.05) is 30.3 Å². The molecule has 6 nitrogen and oxygen atoms in total. The van der Waals surface area contributed by atoms with Crippen LogP contribution in [0, 0.1) is 0 Å². The van der Waals surface area contributed by atoms with E-state index in [1.807, 2.05) is 30.3 Å². The van der Waals surface area contributed by atoms with Crippen LogP contribution in [0.25, 0.3) is 0 Å². The third kappa shape index (κ3) is 4.55. The molecule has 23 heavy (non-hydrogen) atoms. The standard InChI is InChI=1S/C17H22N2O4/c1-18(2)15(20)11-16(21)19-10-6-9-14(19)17(22)23-12-13-7-4-3-5-8-13/h3-5,7-8,14H,6,9-12H2,1-2H3/t14-/m0/s1. The van der Waals surface area contributed by atoms with E-state index in [0.717, 1.165) is 12.0 Å². The van der Waals surface area contributed by atoms with Crippen molar-refractivity contribution in [3.8, 4) is 0 Å². The fourth-order valence-electron chi connectivity index (χ4n) is 2.52. The maximum Gasteiger partial charge on any atom is 0.329 e. The van der Waals surface area contributed by atoms with Crippen molar-refractivity contribution in [3.63, 3.8) is 0 Å². The van der Waals surface area contributed by atoms with Crippen molar-refractivity contribution in [1.82, 2.24) is 9.80 Å². The second kappa shape index (κ2) is 7.76. The molecule has 0 radical (unpaired) electrons. The summed E-state index contributed by atoms with van der Waals surface area (Å²) in [5.41, 5.74) is 0.902. The predicted molar refractivity (Wildman–Crippen MR) is 84.3 cm³/mol. The Hall–Kier alpha value is -2.37. The first-order valence-electron chi connectivity index (χ1n) is 7.69. The molecule has 1 atom stereocenters. The molecule has 0 N–H and O–H groups in total. The molecule has 0 unspecified atom stereocenters. The SMILES string of the molecule is CN(C)C(=O)CC(=O)N1CCC[C@H]1C(=O)OCc1ccccc1. The van der Waals surface area contributed by atoms with Crippen molar-refractivity contribution in [2.45, 2.75) is 31.9 Å². The van der Waals surface area contributed by atoms with Crippen LogP contribution in [0.1, 0.15) is 24.8 Å². The summed E-state index contributed by atoms with van der Waals surface area (Å²) in [7, 11) is 3.20. The molecule has 1 fully saturated rings. The molecule has 124 valence electrons. The van der Waals surface area contributed by atoms with Gasteiger partial charge < -0.3 is 14.5 Å². The predicted octanol–water partition coefficient (Wildman–Crippen LogP) is 1.20. The number of amides is 2. The molecule has 0 aliphatic carbocycles. The van der Waals surface area contributed by atoms with Gasteiger partial charge in [-0.3, -0.25) is 9.59 Å². The molecule has 0 spiro atoms. The minimum absolute atomic E-state index is 0.189. The molecular weight excluding hydrogens is 296 g/mol. The highest BCUT2D eigenvalue weighted by atomic mass is 16.5. The first kappa shape index (κ1) is 17.0. The topological polar surface area (TPSA) is 66.9 Å². The number of nitrogens with zero attached hydrogens (tertiary/aromatic N) is 2. The van der Waals surface area contributed by atoms with Gasteiger partial charge in [0.15, 0.2) is 0 Å². The Labute approximate surface area is 136 Å². The maximum atomic E-state index is 12.2. The van der Waals surface area contributed by atoms with E-state index >= 15 is 0 Å². The fourth-order valence-corrected chi connectivity index (χ4v) is 2.52. The number of benzene rings is 1. The highest BCUT2D eigenvalue weighted by molar-refractivity contribution is 5.98. The lowest BCUT2D eigenvalue weighted by Crippen LogP contribution is -2.43. The Morgan fingerprint density at radius 1 is 1.22 bits per heavy atom. The molecule has 0 saturated carbocycles. The summed E-state index contributed by atoms with van der Waals surface area (Å²) in [6.45, 7) is 0.680. The van der Waals surface area contributed by atoms with E-state index in [-0.39, 0.29) is 24.8 Å². The number of hydrogen-bond donors (Lipinski definition) is 0.